The number of unbranched alkanes of at least 4 members (excludes halogenated alkanes) is 2. The van der Waals surface area contributed by atoms with Gasteiger partial charge in [0.2, 0.25) is 0 Å². The normalized spacial score (nSPS) is 13.2. The summed E-state index contributed by atoms with van der Waals surface area (Å²) in [5.74, 6) is 0. The van der Waals surface area contributed by atoms with Gasteiger partial charge in [0.15, 0.2) is 0 Å². The van der Waals surface area contributed by atoms with Crippen LogP contribution < -0.4 is 0 Å². The van der Waals surface area contributed by atoms with Gasteiger partial charge in [0.05, 0.1) is 0 Å². The largest absolute Gasteiger partial charge is 0.269 e. The standard InChI is InChI=1S/C14H14.2C9H13.Hf/c1-3-7-13(8-4-1)11-12-14-9-5-2-6-10-14;2*1-2-3-6-9-7-4-5-8-9;/h1-10H,11-12H2;2*4,7H,2-3,5-6H2,1H3;/q;2*-1;. The predicted octanol–water partition coefficient (Wildman–Crippen LogP) is 9.20. The van der Waals surface area contributed by atoms with Crippen LogP contribution in [0.3, 0.4) is 0 Å². The first kappa shape index (κ1) is 29.3. The molecule has 0 aliphatic heterocycles. The van der Waals surface area contributed by atoms with Crippen LogP contribution in [-0.2, 0) is 38.7 Å². The van der Waals surface area contributed by atoms with Gasteiger partial charge in [-0.3, -0.25) is 12.2 Å². The monoisotopic (exact) mass is 604 g/mol. The van der Waals surface area contributed by atoms with Crippen molar-refractivity contribution >= 4 is 0 Å². The maximum Gasteiger partial charge on any atom is 0 e. The van der Waals surface area contributed by atoms with Gasteiger partial charge in [0.25, 0.3) is 0 Å². The molecular formula is C32H40Hf-2. The average Bonchev–Trinajstić information content (AvgIpc) is 3.57. The van der Waals surface area contributed by atoms with Crippen molar-refractivity contribution in [2.24, 2.45) is 0 Å². The summed E-state index contributed by atoms with van der Waals surface area (Å²) in [5.41, 5.74) is 5.65. The van der Waals surface area contributed by atoms with Gasteiger partial charge in [0, 0.05) is 25.8 Å². The van der Waals surface area contributed by atoms with Gasteiger partial charge < -0.3 is 0 Å². The van der Waals surface area contributed by atoms with Crippen LogP contribution in [0.15, 0.2) is 96.1 Å². The minimum Gasteiger partial charge on any atom is -0.269 e. The molecule has 33 heavy (non-hydrogen) atoms. The van der Waals surface area contributed by atoms with E-state index in [4.69, 9.17) is 0 Å². The van der Waals surface area contributed by atoms with E-state index in [2.05, 4.69) is 111 Å². The second kappa shape index (κ2) is 19.7. The van der Waals surface area contributed by atoms with E-state index in [1.165, 1.54) is 60.8 Å². The Morgan fingerprint density at radius 2 is 0.970 bits per heavy atom. The second-order valence-corrected chi connectivity index (χ2v) is 8.30. The average molecular weight is 603 g/mol. The van der Waals surface area contributed by atoms with Gasteiger partial charge in [-0.05, 0) is 24.0 Å². The van der Waals surface area contributed by atoms with Crippen LogP contribution in [-0.4, -0.2) is 0 Å². The summed E-state index contributed by atoms with van der Waals surface area (Å²) >= 11 is 0. The van der Waals surface area contributed by atoms with Crippen molar-refractivity contribution < 1.29 is 25.8 Å². The SMILES string of the molecule is CCCCC1=[C-]CC=C1.CCCCC1=[C-]CC=C1.[Hf].c1ccc(CCc2ccccc2)cc1. The van der Waals surface area contributed by atoms with E-state index in [0.717, 1.165) is 25.7 Å². The maximum absolute atomic E-state index is 3.30. The molecule has 0 bridgehead atoms. The van der Waals surface area contributed by atoms with E-state index in [0.29, 0.717) is 0 Å². The van der Waals surface area contributed by atoms with Crippen molar-refractivity contribution in [3.8, 4) is 0 Å². The van der Waals surface area contributed by atoms with Crippen molar-refractivity contribution in [2.45, 2.75) is 78.1 Å². The fourth-order valence-electron chi connectivity index (χ4n) is 3.56. The van der Waals surface area contributed by atoms with Crippen LogP contribution in [0.1, 0.15) is 76.3 Å². The van der Waals surface area contributed by atoms with Crippen LogP contribution in [0.5, 0.6) is 0 Å². The van der Waals surface area contributed by atoms with Crippen LogP contribution >= 0.6 is 0 Å². The van der Waals surface area contributed by atoms with Crippen LogP contribution in [0.4, 0.5) is 0 Å². The van der Waals surface area contributed by atoms with Gasteiger partial charge in [-0.25, -0.2) is 23.3 Å². The molecule has 0 radical (unpaired) electrons. The first-order valence-electron chi connectivity index (χ1n) is 12.4. The van der Waals surface area contributed by atoms with E-state index < -0.39 is 0 Å². The number of rotatable bonds is 9. The quantitative estimate of drug-likeness (QED) is 0.198. The molecule has 0 saturated heterocycles. The molecule has 0 amide bonds. The summed E-state index contributed by atoms with van der Waals surface area (Å²) in [6.07, 6.45) is 27.3. The maximum atomic E-state index is 3.30. The molecule has 0 fully saturated rings. The Kier molecular flexibility index (Phi) is 17.5. The number of hydrogen-bond donors (Lipinski definition) is 0. The summed E-state index contributed by atoms with van der Waals surface area (Å²) in [6, 6.07) is 21.2. The molecule has 0 N–H and O–H groups in total. The summed E-state index contributed by atoms with van der Waals surface area (Å²) in [6.45, 7) is 4.44. The van der Waals surface area contributed by atoms with Gasteiger partial charge >= 0.3 is 0 Å². The van der Waals surface area contributed by atoms with E-state index in [-0.39, 0.29) is 25.8 Å². The summed E-state index contributed by atoms with van der Waals surface area (Å²) in [5, 5.41) is 0. The number of benzene rings is 2. The van der Waals surface area contributed by atoms with E-state index >= 15 is 0 Å². The third kappa shape index (κ3) is 14.2. The molecule has 0 aromatic heterocycles. The molecule has 4 rings (SSSR count). The van der Waals surface area contributed by atoms with Crippen molar-refractivity contribution in [3.05, 3.63) is 119 Å². The second-order valence-electron chi connectivity index (χ2n) is 8.30. The molecule has 2 aromatic carbocycles. The predicted molar refractivity (Wildman–Crippen MR) is 140 cm³/mol. The minimum atomic E-state index is 0. The Balaban J connectivity index is 0.000000254. The first-order valence-corrected chi connectivity index (χ1v) is 12.4. The number of hydrogen-bond acceptors (Lipinski definition) is 0. The smallest absolute Gasteiger partial charge is 0 e. The van der Waals surface area contributed by atoms with Crippen LogP contribution in [0.2, 0.25) is 0 Å². The Bertz CT molecular complexity index is 767. The van der Waals surface area contributed by atoms with Gasteiger partial charge in [0.1, 0.15) is 0 Å². The zero-order valence-electron chi connectivity index (χ0n) is 20.7. The molecule has 0 heterocycles. The summed E-state index contributed by atoms with van der Waals surface area (Å²) in [4.78, 5) is 0. The fourth-order valence-corrected chi connectivity index (χ4v) is 3.56. The Morgan fingerprint density at radius 1 is 0.576 bits per heavy atom. The third-order valence-electron chi connectivity index (χ3n) is 5.52. The Labute approximate surface area is 222 Å². The van der Waals surface area contributed by atoms with E-state index in [1.54, 1.807) is 0 Å². The molecule has 2 aliphatic rings. The molecule has 0 atom stereocenters. The Hall–Kier alpha value is -1.73. The molecule has 2 aromatic rings. The van der Waals surface area contributed by atoms with E-state index in [9.17, 15) is 0 Å². The topological polar surface area (TPSA) is 0 Å². The zero-order valence-corrected chi connectivity index (χ0v) is 24.2. The molecule has 0 nitrogen and oxygen atoms in total. The number of aryl methyl sites for hydroxylation is 2. The molecule has 0 unspecified atom stereocenters. The molecule has 0 spiro atoms. The van der Waals surface area contributed by atoms with Gasteiger partial charge in [-0.1, -0.05) is 113 Å². The third-order valence-corrected chi connectivity index (χ3v) is 5.52. The fraction of sp³-hybridized carbons (Fsp3) is 0.375. The van der Waals surface area contributed by atoms with Crippen molar-refractivity contribution in [3.63, 3.8) is 0 Å². The van der Waals surface area contributed by atoms with E-state index in [1.807, 2.05) is 0 Å². The Morgan fingerprint density at radius 3 is 1.27 bits per heavy atom. The minimum absolute atomic E-state index is 0. The first-order chi connectivity index (χ1) is 15.8. The van der Waals surface area contributed by atoms with Crippen molar-refractivity contribution in [1.29, 1.82) is 0 Å². The van der Waals surface area contributed by atoms with Gasteiger partial charge in [-0.15, -0.1) is 12.8 Å². The van der Waals surface area contributed by atoms with Crippen LogP contribution in [0.25, 0.3) is 0 Å². The molecular weight excluding hydrogens is 563 g/mol. The zero-order chi connectivity index (χ0) is 22.7. The number of allylic oxidation sites excluding steroid dienone is 8. The molecule has 1 heteroatoms. The van der Waals surface area contributed by atoms with Crippen molar-refractivity contribution in [1.82, 2.24) is 0 Å². The van der Waals surface area contributed by atoms with Gasteiger partial charge in [-0.2, -0.15) is 12.2 Å². The van der Waals surface area contributed by atoms with Crippen molar-refractivity contribution in [2.75, 3.05) is 0 Å². The van der Waals surface area contributed by atoms with Crippen LogP contribution in [0, 0.1) is 12.2 Å². The molecule has 2 aliphatic carbocycles. The summed E-state index contributed by atoms with van der Waals surface area (Å²) < 4.78 is 0. The molecule has 0 saturated carbocycles. The summed E-state index contributed by atoms with van der Waals surface area (Å²) in [7, 11) is 0. The molecule has 174 valence electrons.